The minimum Gasteiger partial charge on any atom is -0.444 e. The third kappa shape index (κ3) is 9.10. The van der Waals surface area contributed by atoms with Crippen molar-refractivity contribution in [3.05, 3.63) is 35.4 Å². The molecule has 1 aliphatic rings. The van der Waals surface area contributed by atoms with Gasteiger partial charge in [0.2, 0.25) is 11.8 Å². The summed E-state index contributed by atoms with van der Waals surface area (Å²) in [6, 6.07) is 5.17. The van der Waals surface area contributed by atoms with Crippen LogP contribution in [-0.4, -0.2) is 46.5 Å². The summed E-state index contributed by atoms with van der Waals surface area (Å²) in [5, 5.41) is 5.97. The van der Waals surface area contributed by atoms with Gasteiger partial charge in [-0.1, -0.05) is 57.2 Å². The number of rotatable bonds is 9. The maximum Gasteiger partial charge on any atom is 0.408 e. The quantitative estimate of drug-likeness (QED) is 0.439. The number of terminal acetylenes is 1. The van der Waals surface area contributed by atoms with Gasteiger partial charge in [-0.2, -0.15) is 0 Å². The van der Waals surface area contributed by atoms with Gasteiger partial charge in [0, 0.05) is 17.6 Å². The fourth-order valence-corrected chi connectivity index (χ4v) is 4.81. The molecule has 7 nitrogen and oxygen atoms in total. The zero-order valence-electron chi connectivity index (χ0n) is 23.6. The van der Waals surface area contributed by atoms with Gasteiger partial charge in [-0.15, -0.1) is 6.42 Å². The van der Waals surface area contributed by atoms with Crippen molar-refractivity contribution in [1.82, 2.24) is 15.5 Å². The van der Waals surface area contributed by atoms with Gasteiger partial charge >= 0.3 is 6.09 Å². The van der Waals surface area contributed by atoms with E-state index in [0.717, 1.165) is 25.7 Å². The van der Waals surface area contributed by atoms with Crippen LogP contribution in [0.2, 0.25) is 0 Å². The van der Waals surface area contributed by atoms with Crippen LogP contribution < -0.4 is 10.6 Å². The van der Waals surface area contributed by atoms with E-state index < -0.39 is 23.8 Å². The van der Waals surface area contributed by atoms with Crippen molar-refractivity contribution in [2.75, 3.05) is 0 Å². The monoisotopic (exact) mass is 511 g/mol. The van der Waals surface area contributed by atoms with Crippen molar-refractivity contribution in [2.24, 2.45) is 5.92 Å². The first kappa shape index (κ1) is 30.2. The van der Waals surface area contributed by atoms with Crippen LogP contribution in [0.4, 0.5) is 4.79 Å². The van der Waals surface area contributed by atoms with Crippen molar-refractivity contribution < 1.29 is 19.1 Å². The zero-order valence-corrected chi connectivity index (χ0v) is 23.6. The summed E-state index contributed by atoms with van der Waals surface area (Å²) in [5.74, 6) is 2.20. The Morgan fingerprint density at radius 2 is 1.70 bits per heavy atom. The molecule has 1 fully saturated rings. The van der Waals surface area contributed by atoms with Crippen LogP contribution in [0.3, 0.4) is 0 Å². The summed E-state index contributed by atoms with van der Waals surface area (Å²) in [6.07, 6.45) is 10.7. The second kappa shape index (κ2) is 13.5. The smallest absolute Gasteiger partial charge is 0.408 e. The van der Waals surface area contributed by atoms with Crippen LogP contribution in [0.5, 0.6) is 0 Å². The number of benzene rings is 1. The maximum absolute atomic E-state index is 14.2. The van der Waals surface area contributed by atoms with Gasteiger partial charge in [0.25, 0.3) is 0 Å². The molecule has 0 aromatic heterocycles. The first-order valence-electron chi connectivity index (χ1n) is 13.5. The first-order chi connectivity index (χ1) is 17.3. The molecule has 0 spiro atoms. The summed E-state index contributed by atoms with van der Waals surface area (Å²) >= 11 is 0. The highest BCUT2D eigenvalue weighted by molar-refractivity contribution is 5.92. The van der Waals surface area contributed by atoms with Gasteiger partial charge < -0.3 is 20.3 Å². The Balaban J connectivity index is 2.50. The molecule has 0 saturated heterocycles. The molecule has 3 amide bonds. The average Bonchev–Trinajstić information content (AvgIpc) is 2.80. The predicted molar refractivity (Wildman–Crippen MR) is 147 cm³/mol. The molecule has 2 atom stereocenters. The fraction of sp³-hybridized carbons (Fsp3) is 0.633. The summed E-state index contributed by atoms with van der Waals surface area (Å²) in [6.45, 7) is 13.0. The van der Waals surface area contributed by atoms with Gasteiger partial charge in [0.15, 0.2) is 0 Å². The number of nitrogens with one attached hydrogen (secondary N) is 2. The lowest BCUT2D eigenvalue weighted by molar-refractivity contribution is -0.145. The average molecular weight is 512 g/mol. The molecule has 2 N–H and O–H groups in total. The molecule has 204 valence electrons. The molecule has 1 aromatic rings. The van der Waals surface area contributed by atoms with Crippen LogP contribution in [0.1, 0.15) is 104 Å². The van der Waals surface area contributed by atoms with E-state index in [0.29, 0.717) is 17.5 Å². The Bertz CT molecular complexity index is 968. The van der Waals surface area contributed by atoms with Gasteiger partial charge in [-0.3, -0.25) is 9.59 Å². The minimum absolute atomic E-state index is 0.0669. The number of carbonyl (C=O) groups is 3. The van der Waals surface area contributed by atoms with E-state index in [9.17, 15) is 14.4 Å². The number of nitrogens with zero attached hydrogens (tertiary/aromatic N) is 1. The van der Waals surface area contributed by atoms with Crippen LogP contribution in [0.15, 0.2) is 24.3 Å². The number of alkyl carbamates (subject to hydrolysis) is 1. The second-order valence-corrected chi connectivity index (χ2v) is 11.6. The lowest BCUT2D eigenvalue weighted by atomic mass is 9.92. The number of hydrogen-bond donors (Lipinski definition) is 2. The number of amides is 3. The SMILES string of the molecule is C#Cc1ccccc1C(C(=O)NC1CCCCC1)N(C(=O)C(CC(C)C)NC(=O)OC(C)(C)C)C(C)C. The van der Waals surface area contributed by atoms with Gasteiger partial charge in [0.1, 0.15) is 17.7 Å². The van der Waals surface area contributed by atoms with Crippen LogP contribution in [0, 0.1) is 18.3 Å². The highest BCUT2D eigenvalue weighted by Gasteiger charge is 2.39. The topological polar surface area (TPSA) is 87.7 Å². The number of ether oxygens (including phenoxy) is 1. The van der Waals surface area contributed by atoms with E-state index in [1.807, 2.05) is 45.9 Å². The third-order valence-electron chi connectivity index (χ3n) is 6.40. The Kier molecular flexibility index (Phi) is 11.0. The van der Waals surface area contributed by atoms with Crippen molar-refractivity contribution >= 4 is 17.9 Å². The van der Waals surface area contributed by atoms with Gasteiger partial charge in [-0.05, 0) is 71.4 Å². The molecule has 2 rings (SSSR count). The van der Waals surface area contributed by atoms with E-state index in [-0.39, 0.29) is 29.8 Å². The van der Waals surface area contributed by atoms with Crippen LogP contribution in [-0.2, 0) is 14.3 Å². The molecular weight excluding hydrogens is 466 g/mol. The highest BCUT2D eigenvalue weighted by atomic mass is 16.6. The molecule has 7 heteroatoms. The molecule has 37 heavy (non-hydrogen) atoms. The summed E-state index contributed by atoms with van der Waals surface area (Å²) < 4.78 is 5.44. The minimum atomic E-state index is -0.934. The molecule has 2 unspecified atom stereocenters. The van der Waals surface area contributed by atoms with Crippen molar-refractivity contribution in [1.29, 1.82) is 0 Å². The van der Waals surface area contributed by atoms with Gasteiger partial charge in [-0.25, -0.2) is 4.79 Å². The van der Waals surface area contributed by atoms with E-state index >= 15 is 0 Å². The molecule has 0 radical (unpaired) electrons. The molecule has 1 aromatic carbocycles. The third-order valence-corrected chi connectivity index (χ3v) is 6.40. The summed E-state index contributed by atoms with van der Waals surface area (Å²) in [7, 11) is 0. The van der Waals surface area contributed by atoms with E-state index in [4.69, 9.17) is 11.2 Å². The van der Waals surface area contributed by atoms with Crippen molar-refractivity contribution in [3.8, 4) is 12.3 Å². The molecule has 0 bridgehead atoms. The Hall–Kier alpha value is -3.01. The second-order valence-electron chi connectivity index (χ2n) is 11.6. The van der Waals surface area contributed by atoms with Crippen LogP contribution in [0.25, 0.3) is 0 Å². The Morgan fingerprint density at radius 1 is 1.08 bits per heavy atom. The molecule has 0 heterocycles. The van der Waals surface area contributed by atoms with E-state index in [1.54, 1.807) is 31.7 Å². The lowest BCUT2D eigenvalue weighted by Gasteiger charge is -2.38. The van der Waals surface area contributed by atoms with Crippen LogP contribution >= 0.6 is 0 Å². The Morgan fingerprint density at radius 3 is 2.24 bits per heavy atom. The number of carbonyl (C=O) groups excluding carboxylic acids is 3. The van der Waals surface area contributed by atoms with Crippen molar-refractivity contribution in [3.63, 3.8) is 0 Å². The normalized spacial score (nSPS) is 16.0. The zero-order chi connectivity index (χ0) is 27.8. The Labute approximate surface area is 223 Å². The summed E-state index contributed by atoms with van der Waals surface area (Å²) in [4.78, 5) is 42.3. The standard InChI is InChI=1S/C30H45N3O4/c1-9-22-15-13-14-18-24(22)26(27(34)31-23-16-11-10-12-17-23)33(21(4)5)28(35)25(19-20(2)3)32-29(36)37-30(6,7)8/h1,13-15,18,20-21,23,25-26H,10-12,16-17,19H2,2-8H3,(H,31,34)(H,32,36). The molecular formula is C30H45N3O4. The highest BCUT2D eigenvalue weighted by Crippen LogP contribution is 2.29. The molecule has 0 aliphatic heterocycles. The van der Waals surface area contributed by atoms with E-state index in [2.05, 4.69) is 16.6 Å². The first-order valence-corrected chi connectivity index (χ1v) is 13.5. The fourth-order valence-electron chi connectivity index (χ4n) is 4.81. The predicted octanol–water partition coefficient (Wildman–Crippen LogP) is 5.33. The summed E-state index contributed by atoms with van der Waals surface area (Å²) in [5.41, 5.74) is 0.452. The van der Waals surface area contributed by atoms with Crippen molar-refractivity contribution in [2.45, 2.75) is 117 Å². The largest absolute Gasteiger partial charge is 0.444 e. The maximum atomic E-state index is 14.2. The molecule has 1 aliphatic carbocycles. The van der Waals surface area contributed by atoms with Gasteiger partial charge in [0.05, 0.1) is 0 Å². The lowest BCUT2D eigenvalue weighted by Crippen LogP contribution is -2.56. The number of hydrogen-bond acceptors (Lipinski definition) is 4. The van der Waals surface area contributed by atoms with E-state index in [1.165, 1.54) is 6.42 Å². The molecule has 1 saturated carbocycles.